The Morgan fingerprint density at radius 3 is 2.42 bits per heavy atom. The first-order chi connectivity index (χ1) is 11.7. The van der Waals surface area contributed by atoms with Crippen molar-refractivity contribution in [2.45, 2.75) is 65.1 Å². The van der Waals surface area contributed by atoms with Crippen molar-refractivity contribution in [1.82, 2.24) is 15.5 Å². The molecule has 4 nitrogen and oxygen atoms in total. The van der Waals surface area contributed by atoms with E-state index in [1.807, 2.05) is 7.05 Å². The van der Waals surface area contributed by atoms with E-state index >= 15 is 0 Å². The molecule has 1 saturated heterocycles. The molecule has 1 aliphatic heterocycles. The summed E-state index contributed by atoms with van der Waals surface area (Å²) >= 11 is 0. The highest BCUT2D eigenvalue weighted by Crippen LogP contribution is 2.16. The number of benzene rings is 1. The minimum atomic E-state index is 0.434. The SMILES string of the molecule is CCC(C)NC(=NC)NCc1ccccc1CN1CCCCCC1. The second kappa shape index (κ2) is 10.3. The third-order valence-corrected chi connectivity index (χ3v) is 4.88. The standard InChI is InChI=1S/C20H34N4/c1-4-17(2)23-20(21-3)22-15-18-11-7-8-12-19(18)16-24-13-9-5-6-10-14-24/h7-8,11-12,17H,4-6,9-10,13-16H2,1-3H3,(H2,21,22,23). The molecule has 1 aromatic rings. The van der Waals surface area contributed by atoms with Crippen LogP contribution in [0.4, 0.5) is 0 Å². The first kappa shape index (κ1) is 18.8. The zero-order valence-electron chi connectivity index (χ0n) is 15.6. The molecule has 4 heteroatoms. The van der Waals surface area contributed by atoms with Crippen LogP contribution in [0.3, 0.4) is 0 Å². The molecule has 1 aromatic carbocycles. The average Bonchev–Trinajstić information content (AvgIpc) is 2.88. The highest BCUT2D eigenvalue weighted by Gasteiger charge is 2.12. The van der Waals surface area contributed by atoms with Crippen LogP contribution in [0, 0.1) is 0 Å². The third kappa shape index (κ3) is 6.16. The van der Waals surface area contributed by atoms with Crippen molar-refractivity contribution in [3.63, 3.8) is 0 Å². The summed E-state index contributed by atoms with van der Waals surface area (Å²) in [7, 11) is 1.83. The molecule has 0 aromatic heterocycles. The van der Waals surface area contributed by atoms with Gasteiger partial charge in [0.1, 0.15) is 0 Å². The molecule has 0 radical (unpaired) electrons. The van der Waals surface area contributed by atoms with E-state index in [-0.39, 0.29) is 0 Å². The summed E-state index contributed by atoms with van der Waals surface area (Å²) in [5.41, 5.74) is 2.81. The van der Waals surface area contributed by atoms with Crippen LogP contribution < -0.4 is 10.6 Å². The summed E-state index contributed by atoms with van der Waals surface area (Å²) in [6.07, 6.45) is 6.54. The summed E-state index contributed by atoms with van der Waals surface area (Å²) in [6, 6.07) is 9.23. The molecule has 1 atom stereocenters. The van der Waals surface area contributed by atoms with Crippen LogP contribution >= 0.6 is 0 Å². The first-order valence-electron chi connectivity index (χ1n) is 9.49. The number of hydrogen-bond donors (Lipinski definition) is 2. The van der Waals surface area contributed by atoms with Gasteiger partial charge in [0.05, 0.1) is 0 Å². The molecule has 1 fully saturated rings. The zero-order chi connectivity index (χ0) is 17.2. The molecule has 0 aliphatic carbocycles. The summed E-state index contributed by atoms with van der Waals surface area (Å²) in [4.78, 5) is 6.94. The number of nitrogens with zero attached hydrogens (tertiary/aromatic N) is 2. The van der Waals surface area contributed by atoms with E-state index in [4.69, 9.17) is 0 Å². The normalized spacial score (nSPS) is 18.0. The van der Waals surface area contributed by atoms with Crippen molar-refractivity contribution in [2.24, 2.45) is 4.99 Å². The fourth-order valence-electron chi connectivity index (χ4n) is 3.13. The number of rotatable bonds is 6. The molecule has 0 bridgehead atoms. The fourth-order valence-corrected chi connectivity index (χ4v) is 3.13. The second-order valence-electron chi connectivity index (χ2n) is 6.84. The van der Waals surface area contributed by atoms with Crippen LogP contribution in [0.25, 0.3) is 0 Å². The van der Waals surface area contributed by atoms with Gasteiger partial charge in [-0.2, -0.15) is 0 Å². The second-order valence-corrected chi connectivity index (χ2v) is 6.84. The minimum Gasteiger partial charge on any atom is -0.354 e. The third-order valence-electron chi connectivity index (χ3n) is 4.88. The van der Waals surface area contributed by atoms with Crippen molar-refractivity contribution < 1.29 is 0 Å². The smallest absolute Gasteiger partial charge is 0.191 e. The maximum atomic E-state index is 4.33. The van der Waals surface area contributed by atoms with E-state index in [9.17, 15) is 0 Å². The Labute approximate surface area is 147 Å². The summed E-state index contributed by atoms with van der Waals surface area (Å²) < 4.78 is 0. The Morgan fingerprint density at radius 2 is 1.79 bits per heavy atom. The molecule has 0 amide bonds. The quantitative estimate of drug-likeness (QED) is 0.619. The van der Waals surface area contributed by atoms with E-state index < -0.39 is 0 Å². The molecule has 1 aliphatic rings. The van der Waals surface area contributed by atoms with E-state index in [1.165, 1.54) is 49.9 Å². The Bertz CT molecular complexity index is 504. The van der Waals surface area contributed by atoms with Crippen LogP contribution in [0.15, 0.2) is 29.3 Å². The largest absolute Gasteiger partial charge is 0.354 e. The number of nitrogens with one attached hydrogen (secondary N) is 2. The molecule has 2 N–H and O–H groups in total. The van der Waals surface area contributed by atoms with Gasteiger partial charge >= 0.3 is 0 Å². The minimum absolute atomic E-state index is 0.434. The summed E-state index contributed by atoms with van der Waals surface area (Å²) in [5.74, 6) is 0.883. The highest BCUT2D eigenvalue weighted by molar-refractivity contribution is 5.79. The van der Waals surface area contributed by atoms with Crippen LogP contribution in [-0.2, 0) is 13.1 Å². The van der Waals surface area contributed by atoms with Gasteiger partial charge in [-0.25, -0.2) is 0 Å². The summed E-state index contributed by atoms with van der Waals surface area (Å²) in [6.45, 7) is 8.72. The predicted molar refractivity (Wildman–Crippen MR) is 103 cm³/mol. The van der Waals surface area contributed by atoms with Crippen molar-refractivity contribution in [2.75, 3.05) is 20.1 Å². The highest BCUT2D eigenvalue weighted by atomic mass is 15.2. The van der Waals surface area contributed by atoms with Crippen molar-refractivity contribution in [1.29, 1.82) is 0 Å². The molecule has 1 unspecified atom stereocenters. The lowest BCUT2D eigenvalue weighted by atomic mass is 10.1. The monoisotopic (exact) mass is 330 g/mol. The molecular weight excluding hydrogens is 296 g/mol. The molecule has 24 heavy (non-hydrogen) atoms. The molecule has 0 spiro atoms. The molecule has 1 heterocycles. The lowest BCUT2D eigenvalue weighted by Gasteiger charge is -2.22. The van der Waals surface area contributed by atoms with Crippen LogP contribution in [-0.4, -0.2) is 37.0 Å². The maximum absolute atomic E-state index is 4.33. The lowest BCUT2D eigenvalue weighted by molar-refractivity contribution is 0.276. The molecular formula is C20H34N4. The zero-order valence-corrected chi connectivity index (χ0v) is 15.6. The maximum Gasteiger partial charge on any atom is 0.191 e. The Hall–Kier alpha value is -1.55. The van der Waals surface area contributed by atoms with E-state index in [0.717, 1.165) is 25.5 Å². The number of hydrogen-bond acceptors (Lipinski definition) is 2. The van der Waals surface area contributed by atoms with Gasteiger partial charge in [-0.05, 0) is 50.4 Å². The van der Waals surface area contributed by atoms with E-state index in [1.54, 1.807) is 0 Å². The molecule has 2 rings (SSSR count). The Kier molecular flexibility index (Phi) is 8.10. The van der Waals surface area contributed by atoms with Gasteiger partial charge < -0.3 is 10.6 Å². The van der Waals surface area contributed by atoms with E-state index in [2.05, 4.69) is 58.6 Å². The average molecular weight is 331 g/mol. The molecule has 0 saturated carbocycles. The van der Waals surface area contributed by atoms with E-state index in [0.29, 0.717) is 6.04 Å². The number of likely N-dealkylation sites (tertiary alicyclic amines) is 1. The number of aliphatic imine (C=N–C) groups is 1. The lowest BCUT2D eigenvalue weighted by Crippen LogP contribution is -2.41. The summed E-state index contributed by atoms with van der Waals surface area (Å²) in [5, 5.41) is 6.89. The molecule has 134 valence electrons. The fraction of sp³-hybridized carbons (Fsp3) is 0.650. The van der Waals surface area contributed by atoms with Gasteiger partial charge in [0.15, 0.2) is 5.96 Å². The van der Waals surface area contributed by atoms with Gasteiger partial charge in [-0.15, -0.1) is 0 Å². The van der Waals surface area contributed by atoms with Crippen molar-refractivity contribution in [3.8, 4) is 0 Å². The van der Waals surface area contributed by atoms with Gasteiger partial charge in [0.2, 0.25) is 0 Å². The predicted octanol–water partition coefficient (Wildman–Crippen LogP) is 3.53. The van der Waals surface area contributed by atoms with Crippen LogP contribution in [0.1, 0.15) is 57.1 Å². The van der Waals surface area contributed by atoms with Crippen LogP contribution in [0.2, 0.25) is 0 Å². The van der Waals surface area contributed by atoms with Gasteiger partial charge in [0, 0.05) is 26.2 Å². The van der Waals surface area contributed by atoms with Crippen molar-refractivity contribution in [3.05, 3.63) is 35.4 Å². The van der Waals surface area contributed by atoms with Crippen LogP contribution in [0.5, 0.6) is 0 Å². The van der Waals surface area contributed by atoms with Gasteiger partial charge in [0.25, 0.3) is 0 Å². The van der Waals surface area contributed by atoms with Crippen molar-refractivity contribution >= 4 is 5.96 Å². The topological polar surface area (TPSA) is 39.7 Å². The number of guanidine groups is 1. The Morgan fingerprint density at radius 1 is 1.12 bits per heavy atom. The first-order valence-corrected chi connectivity index (χ1v) is 9.49. The van der Waals surface area contributed by atoms with Gasteiger partial charge in [-0.1, -0.05) is 44.0 Å². The van der Waals surface area contributed by atoms with Gasteiger partial charge in [-0.3, -0.25) is 9.89 Å². The Balaban J connectivity index is 1.95.